The van der Waals surface area contributed by atoms with E-state index in [9.17, 15) is 18.0 Å². The average Bonchev–Trinajstić information content (AvgIpc) is 3.10. The second-order valence-electron chi connectivity index (χ2n) is 6.50. The Hall–Kier alpha value is -1.93. The maximum atomic E-state index is 12.8. The number of hydrogen-bond acceptors (Lipinski definition) is 4. The summed E-state index contributed by atoms with van der Waals surface area (Å²) >= 11 is 0. The lowest BCUT2D eigenvalue weighted by Crippen LogP contribution is -2.45. The zero-order valence-corrected chi connectivity index (χ0v) is 16.6. The fourth-order valence-corrected chi connectivity index (χ4v) is 4.67. The molecule has 1 heterocycles. The van der Waals surface area contributed by atoms with E-state index in [4.69, 9.17) is 0 Å². The Bertz CT molecular complexity index is 755. The Morgan fingerprint density at radius 3 is 2.19 bits per heavy atom. The Labute approximate surface area is 155 Å². The van der Waals surface area contributed by atoms with E-state index in [0.717, 1.165) is 6.42 Å². The van der Waals surface area contributed by atoms with E-state index in [-0.39, 0.29) is 16.7 Å². The smallest absolute Gasteiger partial charge is 0.254 e. The fraction of sp³-hybridized carbons (Fsp3) is 0.556. The number of likely N-dealkylation sites (tertiary alicyclic amines) is 1. The van der Waals surface area contributed by atoms with Gasteiger partial charge in [0.1, 0.15) is 6.04 Å². The number of carbonyl (C=O) groups is 2. The first-order chi connectivity index (χ1) is 12.2. The molecule has 8 heteroatoms. The number of nitrogens with zero attached hydrogens (tertiary/aromatic N) is 3. The van der Waals surface area contributed by atoms with Crippen molar-refractivity contribution in [3.8, 4) is 0 Å². The van der Waals surface area contributed by atoms with Gasteiger partial charge in [-0.15, -0.1) is 0 Å². The van der Waals surface area contributed by atoms with E-state index in [1.807, 2.05) is 0 Å². The minimum atomic E-state index is -3.55. The van der Waals surface area contributed by atoms with Gasteiger partial charge in [0.05, 0.1) is 4.90 Å². The van der Waals surface area contributed by atoms with Crippen LogP contribution in [0.5, 0.6) is 0 Å². The minimum absolute atomic E-state index is 0.0865. The van der Waals surface area contributed by atoms with Crippen molar-refractivity contribution in [3.63, 3.8) is 0 Å². The Morgan fingerprint density at radius 1 is 1.12 bits per heavy atom. The molecule has 2 amide bonds. The van der Waals surface area contributed by atoms with Gasteiger partial charge >= 0.3 is 0 Å². The van der Waals surface area contributed by atoms with Crippen molar-refractivity contribution in [2.24, 2.45) is 0 Å². The van der Waals surface area contributed by atoms with Gasteiger partial charge in [0.25, 0.3) is 5.91 Å². The van der Waals surface area contributed by atoms with Crippen molar-refractivity contribution >= 4 is 21.8 Å². The molecular formula is C18H27N3O4S. The molecule has 1 fully saturated rings. The third kappa shape index (κ3) is 3.91. The summed E-state index contributed by atoms with van der Waals surface area (Å²) < 4.78 is 26.4. The van der Waals surface area contributed by atoms with Crippen molar-refractivity contribution in [2.75, 3.05) is 33.7 Å². The normalized spacial score (nSPS) is 17.6. The van der Waals surface area contributed by atoms with Crippen LogP contribution in [0.4, 0.5) is 0 Å². The summed E-state index contributed by atoms with van der Waals surface area (Å²) in [5, 5.41) is 0. The molecule has 7 nitrogen and oxygen atoms in total. The van der Waals surface area contributed by atoms with Crippen LogP contribution >= 0.6 is 0 Å². The SMILES string of the molecule is CCN(CC)S(=O)(=O)c1ccc(C(=O)N2CCCC2C(=O)N(C)C)cc1. The average molecular weight is 381 g/mol. The number of hydrogen-bond donors (Lipinski definition) is 0. The second kappa shape index (κ2) is 8.18. The Morgan fingerprint density at radius 2 is 1.69 bits per heavy atom. The molecule has 144 valence electrons. The van der Waals surface area contributed by atoms with E-state index in [2.05, 4.69) is 0 Å². The molecule has 1 unspecified atom stereocenters. The molecule has 1 saturated heterocycles. The van der Waals surface area contributed by atoms with Gasteiger partial charge in [-0.05, 0) is 37.1 Å². The molecule has 1 atom stereocenters. The highest BCUT2D eigenvalue weighted by atomic mass is 32.2. The quantitative estimate of drug-likeness (QED) is 0.746. The number of likely N-dealkylation sites (N-methyl/N-ethyl adjacent to an activating group) is 1. The molecule has 0 bridgehead atoms. The highest BCUT2D eigenvalue weighted by Crippen LogP contribution is 2.23. The standard InChI is InChI=1S/C18H27N3O4S/c1-5-20(6-2)26(24,25)15-11-9-14(10-12-15)17(22)21-13-7-8-16(21)18(23)19(3)4/h9-12,16H,5-8,13H2,1-4H3. The highest BCUT2D eigenvalue weighted by molar-refractivity contribution is 7.89. The van der Waals surface area contributed by atoms with Crippen LogP contribution in [0.3, 0.4) is 0 Å². The van der Waals surface area contributed by atoms with Crippen molar-refractivity contribution in [3.05, 3.63) is 29.8 Å². The summed E-state index contributed by atoms with van der Waals surface area (Å²) in [7, 11) is -0.197. The summed E-state index contributed by atoms with van der Waals surface area (Å²) in [6.07, 6.45) is 1.43. The zero-order valence-electron chi connectivity index (χ0n) is 15.8. The number of amides is 2. The summed E-state index contributed by atoms with van der Waals surface area (Å²) in [4.78, 5) is 28.3. The molecule has 1 aliphatic heterocycles. The monoisotopic (exact) mass is 381 g/mol. The van der Waals surface area contributed by atoms with Gasteiger partial charge < -0.3 is 9.80 Å². The van der Waals surface area contributed by atoms with Gasteiger partial charge in [0.15, 0.2) is 0 Å². The van der Waals surface area contributed by atoms with Crippen LogP contribution in [0.1, 0.15) is 37.0 Å². The molecule has 1 aromatic carbocycles. The molecular weight excluding hydrogens is 354 g/mol. The molecule has 1 aliphatic rings. The number of benzene rings is 1. The van der Waals surface area contributed by atoms with Gasteiger partial charge in [-0.1, -0.05) is 13.8 Å². The van der Waals surface area contributed by atoms with E-state index in [1.165, 1.54) is 33.5 Å². The zero-order chi connectivity index (χ0) is 19.5. The predicted octanol–water partition coefficient (Wildman–Crippen LogP) is 1.41. The molecule has 2 rings (SSSR count). The number of carbonyl (C=O) groups excluding carboxylic acids is 2. The van der Waals surface area contributed by atoms with E-state index in [0.29, 0.717) is 31.6 Å². The molecule has 26 heavy (non-hydrogen) atoms. The lowest BCUT2D eigenvalue weighted by Gasteiger charge is -2.26. The van der Waals surface area contributed by atoms with E-state index in [1.54, 1.807) is 32.8 Å². The summed E-state index contributed by atoms with van der Waals surface area (Å²) in [6, 6.07) is 5.51. The summed E-state index contributed by atoms with van der Waals surface area (Å²) in [5.74, 6) is -0.328. The summed E-state index contributed by atoms with van der Waals surface area (Å²) in [6.45, 7) is 4.88. The van der Waals surface area contributed by atoms with Crippen LogP contribution in [0.2, 0.25) is 0 Å². The van der Waals surface area contributed by atoms with Crippen molar-refractivity contribution < 1.29 is 18.0 Å². The van der Waals surface area contributed by atoms with Crippen LogP contribution in [0.25, 0.3) is 0 Å². The van der Waals surface area contributed by atoms with E-state index < -0.39 is 16.1 Å². The Kier molecular flexibility index (Phi) is 6.41. The first kappa shape index (κ1) is 20.4. The van der Waals surface area contributed by atoms with Crippen LogP contribution < -0.4 is 0 Å². The molecule has 0 aromatic heterocycles. The predicted molar refractivity (Wildman–Crippen MR) is 99.3 cm³/mol. The molecule has 0 spiro atoms. The first-order valence-corrected chi connectivity index (χ1v) is 10.3. The first-order valence-electron chi connectivity index (χ1n) is 8.86. The third-order valence-electron chi connectivity index (χ3n) is 4.68. The van der Waals surface area contributed by atoms with Crippen LogP contribution in [-0.4, -0.2) is 74.1 Å². The second-order valence-corrected chi connectivity index (χ2v) is 8.44. The maximum Gasteiger partial charge on any atom is 0.254 e. The molecule has 0 radical (unpaired) electrons. The third-order valence-corrected chi connectivity index (χ3v) is 6.75. The number of rotatable bonds is 6. The number of sulfonamides is 1. The van der Waals surface area contributed by atoms with Gasteiger partial charge in [-0.25, -0.2) is 8.42 Å². The lowest BCUT2D eigenvalue weighted by molar-refractivity contribution is -0.132. The van der Waals surface area contributed by atoms with Gasteiger partial charge in [-0.3, -0.25) is 9.59 Å². The van der Waals surface area contributed by atoms with Gasteiger partial charge in [-0.2, -0.15) is 4.31 Å². The summed E-state index contributed by atoms with van der Waals surface area (Å²) in [5.41, 5.74) is 0.391. The highest BCUT2D eigenvalue weighted by Gasteiger charge is 2.35. The van der Waals surface area contributed by atoms with Crippen molar-refractivity contribution in [1.82, 2.24) is 14.1 Å². The molecule has 0 saturated carbocycles. The van der Waals surface area contributed by atoms with Crippen LogP contribution in [0, 0.1) is 0 Å². The van der Waals surface area contributed by atoms with Crippen LogP contribution in [0.15, 0.2) is 29.2 Å². The largest absolute Gasteiger partial charge is 0.347 e. The van der Waals surface area contributed by atoms with E-state index >= 15 is 0 Å². The molecule has 1 aromatic rings. The minimum Gasteiger partial charge on any atom is -0.347 e. The van der Waals surface area contributed by atoms with Gasteiger partial charge in [0.2, 0.25) is 15.9 Å². The topological polar surface area (TPSA) is 78.0 Å². The maximum absolute atomic E-state index is 12.8. The molecule has 0 N–H and O–H groups in total. The van der Waals surface area contributed by atoms with Crippen molar-refractivity contribution in [1.29, 1.82) is 0 Å². The van der Waals surface area contributed by atoms with Crippen molar-refractivity contribution in [2.45, 2.75) is 37.6 Å². The Balaban J connectivity index is 2.23. The van der Waals surface area contributed by atoms with Gasteiger partial charge in [0, 0.05) is 39.3 Å². The van der Waals surface area contributed by atoms with Crippen LogP contribution in [-0.2, 0) is 14.8 Å². The molecule has 0 aliphatic carbocycles. The fourth-order valence-electron chi connectivity index (χ4n) is 3.21. The lowest BCUT2D eigenvalue weighted by atomic mass is 10.1.